The molecule has 11 heavy (non-hydrogen) atoms. The third kappa shape index (κ3) is 1.75. The summed E-state index contributed by atoms with van der Waals surface area (Å²) in [6.07, 6.45) is 0. The number of hydrogen-bond acceptors (Lipinski definition) is 1. The van der Waals surface area contributed by atoms with Crippen molar-refractivity contribution in [1.29, 1.82) is 0 Å². The van der Waals surface area contributed by atoms with Gasteiger partial charge >= 0.3 is 0 Å². The minimum Gasteiger partial charge on any atom is -0.388 e. The molecule has 0 fully saturated rings. The van der Waals surface area contributed by atoms with E-state index in [0.29, 0.717) is 5.03 Å². The van der Waals surface area contributed by atoms with Gasteiger partial charge in [0.2, 0.25) is 0 Å². The molecule has 0 spiro atoms. The lowest BCUT2D eigenvalue weighted by Gasteiger charge is -2.05. The van der Waals surface area contributed by atoms with Gasteiger partial charge in [0.15, 0.2) is 0 Å². The molecule has 0 amide bonds. The Morgan fingerprint density at radius 2 is 2.09 bits per heavy atom. The van der Waals surface area contributed by atoms with Crippen molar-refractivity contribution in [1.82, 2.24) is 0 Å². The Bertz CT molecular complexity index is 268. The van der Waals surface area contributed by atoms with E-state index in [1.807, 2.05) is 31.3 Å². The van der Waals surface area contributed by atoms with Gasteiger partial charge in [-0.1, -0.05) is 36.4 Å². The summed E-state index contributed by atoms with van der Waals surface area (Å²) < 4.78 is 0. The lowest BCUT2D eigenvalue weighted by molar-refractivity contribution is 1.49. The molecule has 0 unspecified atom stereocenters. The minimum atomic E-state index is 0.565. The largest absolute Gasteiger partial charge is 0.388 e. The number of hydrogen-bond donors (Lipinski definition) is 1. The molecule has 1 aromatic carbocycles. The Hall–Kier alpha value is -0.950. The Morgan fingerprint density at radius 3 is 2.55 bits per heavy atom. The maximum atomic E-state index is 5.75. The van der Waals surface area contributed by atoms with E-state index in [-0.39, 0.29) is 0 Å². The zero-order valence-electron chi connectivity index (χ0n) is 6.39. The van der Waals surface area contributed by atoms with Crippen molar-refractivity contribution in [3.63, 3.8) is 0 Å². The van der Waals surface area contributed by atoms with E-state index in [9.17, 15) is 0 Å². The van der Waals surface area contributed by atoms with Crippen molar-refractivity contribution in [2.24, 2.45) is 0 Å². The Kier molecular flexibility index (Phi) is 2.55. The molecule has 0 aromatic heterocycles. The summed E-state index contributed by atoms with van der Waals surface area (Å²) in [7, 11) is 1.86. The molecule has 0 heterocycles. The first-order chi connectivity index (χ1) is 5.25. The van der Waals surface area contributed by atoms with Crippen molar-refractivity contribution in [3.8, 4) is 0 Å². The Morgan fingerprint density at radius 1 is 1.45 bits per heavy atom. The van der Waals surface area contributed by atoms with Gasteiger partial charge in [0.25, 0.3) is 0 Å². The SMILES string of the molecule is C=C(Cl)c1ccccc1NC. The van der Waals surface area contributed by atoms with Crippen molar-refractivity contribution >= 4 is 22.3 Å². The molecule has 0 saturated heterocycles. The fourth-order valence-corrected chi connectivity index (χ4v) is 1.10. The number of para-hydroxylation sites is 1. The molecule has 0 radical (unpaired) electrons. The van der Waals surface area contributed by atoms with Crippen LogP contribution in [-0.2, 0) is 0 Å². The normalized spacial score (nSPS) is 9.27. The molecule has 1 aromatic rings. The molecule has 0 atom stereocenters. The fraction of sp³-hybridized carbons (Fsp3) is 0.111. The number of anilines is 1. The highest BCUT2D eigenvalue weighted by molar-refractivity contribution is 6.48. The summed E-state index contributed by atoms with van der Waals surface area (Å²) in [5.74, 6) is 0. The van der Waals surface area contributed by atoms with Gasteiger partial charge in [-0.2, -0.15) is 0 Å². The van der Waals surface area contributed by atoms with Gasteiger partial charge < -0.3 is 5.32 Å². The first-order valence-corrected chi connectivity index (χ1v) is 3.75. The van der Waals surface area contributed by atoms with Gasteiger partial charge in [-0.3, -0.25) is 0 Å². The van der Waals surface area contributed by atoms with E-state index in [0.717, 1.165) is 11.3 Å². The highest BCUT2D eigenvalue weighted by atomic mass is 35.5. The third-order valence-electron chi connectivity index (χ3n) is 1.49. The molecular weight excluding hydrogens is 158 g/mol. The predicted octanol–water partition coefficient (Wildman–Crippen LogP) is 2.94. The lowest BCUT2D eigenvalue weighted by atomic mass is 10.2. The predicted molar refractivity (Wildman–Crippen MR) is 50.9 cm³/mol. The second-order valence-electron chi connectivity index (χ2n) is 2.20. The average Bonchev–Trinajstić information content (AvgIpc) is 2.04. The van der Waals surface area contributed by atoms with Crippen LogP contribution in [0.1, 0.15) is 5.56 Å². The Labute approximate surface area is 71.7 Å². The van der Waals surface area contributed by atoms with Crippen LogP contribution in [0.3, 0.4) is 0 Å². The maximum Gasteiger partial charge on any atom is 0.0427 e. The summed E-state index contributed by atoms with van der Waals surface area (Å²) >= 11 is 5.75. The smallest absolute Gasteiger partial charge is 0.0427 e. The van der Waals surface area contributed by atoms with E-state index in [1.54, 1.807) is 0 Å². The molecule has 58 valence electrons. The first kappa shape index (κ1) is 8.15. The molecule has 1 nitrogen and oxygen atoms in total. The molecule has 0 aliphatic carbocycles. The molecule has 0 aliphatic rings. The van der Waals surface area contributed by atoms with Crippen LogP contribution in [0.25, 0.3) is 5.03 Å². The van der Waals surface area contributed by atoms with E-state index < -0.39 is 0 Å². The fourth-order valence-electron chi connectivity index (χ4n) is 0.938. The van der Waals surface area contributed by atoms with Crippen LogP contribution >= 0.6 is 11.6 Å². The quantitative estimate of drug-likeness (QED) is 0.714. The Balaban J connectivity index is 3.12. The summed E-state index contributed by atoms with van der Waals surface area (Å²) in [5, 5.41) is 3.60. The van der Waals surface area contributed by atoms with Crippen LogP contribution in [0.4, 0.5) is 5.69 Å². The number of halogens is 1. The molecule has 2 heteroatoms. The van der Waals surface area contributed by atoms with Gasteiger partial charge in [-0.15, -0.1) is 0 Å². The van der Waals surface area contributed by atoms with Crippen LogP contribution in [0.15, 0.2) is 30.8 Å². The molecule has 0 saturated carbocycles. The summed E-state index contributed by atoms with van der Waals surface area (Å²) in [5.41, 5.74) is 1.96. The van der Waals surface area contributed by atoms with E-state index in [1.165, 1.54) is 0 Å². The number of benzene rings is 1. The number of nitrogens with one attached hydrogen (secondary N) is 1. The average molecular weight is 168 g/mol. The highest BCUT2D eigenvalue weighted by Crippen LogP contribution is 2.24. The molecule has 0 aliphatic heterocycles. The molecule has 1 N–H and O–H groups in total. The van der Waals surface area contributed by atoms with Crippen LogP contribution in [-0.4, -0.2) is 7.05 Å². The standard InChI is InChI=1S/C9H10ClN/c1-7(10)8-5-3-4-6-9(8)11-2/h3-6,11H,1H2,2H3. The van der Waals surface area contributed by atoms with Gasteiger partial charge in [0, 0.05) is 23.3 Å². The third-order valence-corrected chi connectivity index (χ3v) is 1.69. The highest BCUT2D eigenvalue weighted by Gasteiger charge is 1.99. The van der Waals surface area contributed by atoms with Gasteiger partial charge in [-0.25, -0.2) is 0 Å². The second kappa shape index (κ2) is 3.44. The monoisotopic (exact) mass is 167 g/mol. The molecule has 1 rings (SSSR count). The van der Waals surface area contributed by atoms with Gasteiger partial charge in [-0.05, 0) is 6.07 Å². The van der Waals surface area contributed by atoms with Crippen molar-refractivity contribution in [2.45, 2.75) is 0 Å². The van der Waals surface area contributed by atoms with Crippen molar-refractivity contribution < 1.29 is 0 Å². The van der Waals surface area contributed by atoms with E-state index in [4.69, 9.17) is 11.6 Å². The minimum absolute atomic E-state index is 0.565. The topological polar surface area (TPSA) is 12.0 Å². The second-order valence-corrected chi connectivity index (χ2v) is 2.66. The maximum absolute atomic E-state index is 5.75. The summed E-state index contributed by atoms with van der Waals surface area (Å²) in [6, 6.07) is 7.78. The zero-order chi connectivity index (χ0) is 8.27. The number of rotatable bonds is 2. The first-order valence-electron chi connectivity index (χ1n) is 3.37. The summed E-state index contributed by atoms with van der Waals surface area (Å²) in [6.45, 7) is 3.66. The van der Waals surface area contributed by atoms with Gasteiger partial charge in [0.1, 0.15) is 0 Å². The lowest BCUT2D eigenvalue weighted by Crippen LogP contribution is -1.91. The van der Waals surface area contributed by atoms with Crippen LogP contribution in [0.5, 0.6) is 0 Å². The van der Waals surface area contributed by atoms with E-state index in [2.05, 4.69) is 11.9 Å². The van der Waals surface area contributed by atoms with Gasteiger partial charge in [0.05, 0.1) is 0 Å². The summed E-state index contributed by atoms with van der Waals surface area (Å²) in [4.78, 5) is 0. The van der Waals surface area contributed by atoms with E-state index >= 15 is 0 Å². The molecular formula is C9H10ClN. The molecule has 0 bridgehead atoms. The van der Waals surface area contributed by atoms with Crippen LogP contribution in [0, 0.1) is 0 Å². The van der Waals surface area contributed by atoms with Crippen molar-refractivity contribution in [3.05, 3.63) is 36.4 Å². The van der Waals surface area contributed by atoms with Crippen LogP contribution < -0.4 is 5.32 Å². The van der Waals surface area contributed by atoms with Crippen molar-refractivity contribution in [2.75, 3.05) is 12.4 Å². The van der Waals surface area contributed by atoms with Crippen LogP contribution in [0.2, 0.25) is 0 Å². The zero-order valence-corrected chi connectivity index (χ0v) is 7.15.